The van der Waals surface area contributed by atoms with Crippen LogP contribution in [0.4, 0.5) is 8.78 Å². The number of likely N-dealkylation sites (tertiary alicyclic amines) is 1. The van der Waals surface area contributed by atoms with Gasteiger partial charge in [-0.15, -0.1) is 11.3 Å². The van der Waals surface area contributed by atoms with E-state index < -0.39 is 17.7 Å². The van der Waals surface area contributed by atoms with Crippen molar-refractivity contribution < 1.29 is 13.9 Å². The number of halogens is 2. The molecule has 2 atom stereocenters. The summed E-state index contributed by atoms with van der Waals surface area (Å²) in [5.74, 6) is -0.884. The lowest BCUT2D eigenvalue weighted by Crippen LogP contribution is -2.25. The number of thiazole rings is 1. The number of rotatable bonds is 6. The third-order valence-corrected chi connectivity index (χ3v) is 5.36. The molecule has 24 heavy (non-hydrogen) atoms. The van der Waals surface area contributed by atoms with Crippen LogP contribution in [0.1, 0.15) is 48.5 Å². The van der Waals surface area contributed by atoms with Gasteiger partial charge in [0.1, 0.15) is 11.6 Å². The zero-order valence-electron chi connectivity index (χ0n) is 13.7. The molecule has 1 aromatic carbocycles. The minimum absolute atomic E-state index is 0.313. The molecule has 1 aliphatic heterocycles. The van der Waals surface area contributed by atoms with Crippen LogP contribution in [0.5, 0.6) is 0 Å². The van der Waals surface area contributed by atoms with Gasteiger partial charge in [0.25, 0.3) is 0 Å². The molecular formula is C18H22F2N2OS. The Bertz CT molecular complexity index is 691. The Balaban J connectivity index is 1.76. The van der Waals surface area contributed by atoms with Crippen molar-refractivity contribution in [2.75, 3.05) is 6.54 Å². The van der Waals surface area contributed by atoms with Crippen LogP contribution in [0.3, 0.4) is 0 Å². The molecule has 0 unspecified atom stereocenters. The molecule has 1 aromatic heterocycles. The second-order valence-electron chi connectivity index (χ2n) is 6.34. The molecule has 0 aliphatic carbocycles. The first-order valence-electron chi connectivity index (χ1n) is 8.37. The van der Waals surface area contributed by atoms with Crippen LogP contribution in [0.15, 0.2) is 23.6 Å². The molecule has 0 bridgehead atoms. The lowest BCUT2D eigenvalue weighted by Gasteiger charge is -2.24. The highest BCUT2D eigenvalue weighted by atomic mass is 32.1. The van der Waals surface area contributed by atoms with Crippen LogP contribution in [-0.2, 0) is 13.0 Å². The number of β-amino-alcohol motifs (C(OH)–C–C–N with tert-alkyl or cyclic N) is 1. The molecule has 0 radical (unpaired) electrons. The van der Waals surface area contributed by atoms with Crippen LogP contribution in [0.2, 0.25) is 0 Å². The van der Waals surface area contributed by atoms with Gasteiger partial charge in [-0.05, 0) is 37.5 Å². The number of aryl methyl sites for hydroxylation is 1. The first kappa shape index (κ1) is 17.5. The lowest BCUT2D eigenvalue weighted by atomic mass is 10.0. The molecule has 0 spiro atoms. The molecule has 0 saturated carbocycles. The van der Waals surface area contributed by atoms with Crippen molar-refractivity contribution in [2.24, 2.45) is 0 Å². The number of benzene rings is 1. The van der Waals surface area contributed by atoms with Crippen molar-refractivity contribution in [1.82, 2.24) is 9.88 Å². The van der Waals surface area contributed by atoms with E-state index >= 15 is 0 Å². The molecule has 2 heterocycles. The molecule has 1 N–H and O–H groups in total. The normalized spacial score (nSPS) is 21.5. The fraction of sp³-hybridized carbons (Fsp3) is 0.500. The van der Waals surface area contributed by atoms with Gasteiger partial charge in [0.05, 0.1) is 16.8 Å². The van der Waals surface area contributed by atoms with Crippen molar-refractivity contribution in [3.8, 4) is 0 Å². The maximum atomic E-state index is 14.1. The number of aliphatic hydroxyl groups is 1. The number of hydrogen-bond acceptors (Lipinski definition) is 4. The average Bonchev–Trinajstić information content (AvgIpc) is 3.14. The molecule has 3 nitrogen and oxygen atoms in total. The highest BCUT2D eigenvalue weighted by Crippen LogP contribution is 2.35. The number of nitrogens with zero attached hydrogens (tertiary/aromatic N) is 2. The van der Waals surface area contributed by atoms with Crippen LogP contribution in [-0.4, -0.2) is 27.6 Å². The maximum absolute atomic E-state index is 14.1. The van der Waals surface area contributed by atoms with Crippen molar-refractivity contribution >= 4 is 11.3 Å². The van der Waals surface area contributed by atoms with Crippen molar-refractivity contribution in [1.29, 1.82) is 0 Å². The van der Waals surface area contributed by atoms with Crippen molar-refractivity contribution in [2.45, 2.75) is 51.3 Å². The van der Waals surface area contributed by atoms with Crippen LogP contribution in [0, 0.1) is 11.6 Å². The quantitative estimate of drug-likeness (QED) is 0.851. The Morgan fingerprint density at radius 2 is 2.21 bits per heavy atom. The Morgan fingerprint density at radius 1 is 1.38 bits per heavy atom. The summed E-state index contributed by atoms with van der Waals surface area (Å²) in [5.41, 5.74) is 1.25. The third kappa shape index (κ3) is 3.99. The first-order valence-corrected chi connectivity index (χ1v) is 9.25. The van der Waals surface area contributed by atoms with E-state index in [4.69, 9.17) is 0 Å². The van der Waals surface area contributed by atoms with Gasteiger partial charge in [0, 0.05) is 30.1 Å². The summed E-state index contributed by atoms with van der Waals surface area (Å²) < 4.78 is 27.6. The van der Waals surface area contributed by atoms with Gasteiger partial charge >= 0.3 is 0 Å². The van der Waals surface area contributed by atoms with E-state index in [1.54, 1.807) is 11.3 Å². The van der Waals surface area contributed by atoms with Gasteiger partial charge in [0.2, 0.25) is 0 Å². The van der Waals surface area contributed by atoms with Crippen molar-refractivity contribution in [3.05, 3.63) is 51.5 Å². The van der Waals surface area contributed by atoms with Gasteiger partial charge in [-0.3, -0.25) is 4.90 Å². The van der Waals surface area contributed by atoms with Crippen LogP contribution >= 0.6 is 11.3 Å². The summed E-state index contributed by atoms with van der Waals surface area (Å²) >= 11 is 1.64. The van der Waals surface area contributed by atoms with Crippen LogP contribution < -0.4 is 0 Å². The molecule has 1 fully saturated rings. The molecule has 0 amide bonds. The zero-order chi connectivity index (χ0) is 17.1. The molecule has 130 valence electrons. The van der Waals surface area contributed by atoms with Crippen molar-refractivity contribution in [3.63, 3.8) is 0 Å². The van der Waals surface area contributed by atoms with E-state index in [2.05, 4.69) is 11.9 Å². The number of unbranched alkanes of at least 4 members (excludes halogenated alkanes) is 1. The number of aliphatic hydroxyl groups excluding tert-OH is 1. The summed E-state index contributed by atoms with van der Waals surface area (Å²) in [6.45, 7) is 3.14. The highest BCUT2D eigenvalue weighted by Gasteiger charge is 2.34. The SMILES string of the molecule is CCCCc1nc(CN2C[C@H](O)C[C@@H]2c2cc(F)ccc2F)cs1. The molecule has 1 aliphatic rings. The third-order valence-electron chi connectivity index (χ3n) is 4.41. The Hall–Kier alpha value is -1.37. The van der Waals surface area contributed by atoms with E-state index in [1.165, 1.54) is 6.07 Å². The maximum Gasteiger partial charge on any atom is 0.128 e. The summed E-state index contributed by atoms with van der Waals surface area (Å²) in [6, 6.07) is 3.18. The predicted molar refractivity (Wildman–Crippen MR) is 90.9 cm³/mol. The summed E-state index contributed by atoms with van der Waals surface area (Å²) in [5, 5.41) is 13.1. The van der Waals surface area contributed by atoms with E-state index in [-0.39, 0.29) is 6.04 Å². The minimum atomic E-state index is -0.532. The largest absolute Gasteiger partial charge is 0.392 e. The first-order chi connectivity index (χ1) is 11.6. The molecule has 3 rings (SSSR count). The smallest absolute Gasteiger partial charge is 0.128 e. The standard InChI is InChI=1S/C18H22F2N2OS/c1-2-3-4-18-21-13(11-24-18)9-22-10-14(23)8-17(22)15-7-12(19)5-6-16(15)20/h5-7,11,14,17,23H,2-4,8-10H2,1H3/t14-,17-/m1/s1. The van der Waals surface area contributed by atoms with E-state index in [1.807, 2.05) is 10.3 Å². The Kier molecular flexibility index (Phi) is 5.58. The highest BCUT2D eigenvalue weighted by molar-refractivity contribution is 7.09. The van der Waals surface area contributed by atoms with Gasteiger partial charge in [-0.1, -0.05) is 13.3 Å². The molecule has 2 aromatic rings. The van der Waals surface area contributed by atoms with E-state index in [9.17, 15) is 13.9 Å². The minimum Gasteiger partial charge on any atom is -0.392 e. The number of hydrogen-bond donors (Lipinski definition) is 1. The fourth-order valence-electron chi connectivity index (χ4n) is 3.22. The second-order valence-corrected chi connectivity index (χ2v) is 7.28. The monoisotopic (exact) mass is 352 g/mol. The summed E-state index contributed by atoms with van der Waals surface area (Å²) in [7, 11) is 0. The molecule has 1 saturated heterocycles. The van der Waals surface area contributed by atoms with Gasteiger partial charge in [-0.2, -0.15) is 0 Å². The van der Waals surface area contributed by atoms with Gasteiger partial charge in [0.15, 0.2) is 0 Å². The van der Waals surface area contributed by atoms with Gasteiger partial charge < -0.3 is 5.11 Å². The predicted octanol–water partition coefficient (Wildman–Crippen LogP) is 4.07. The Morgan fingerprint density at radius 3 is 3.00 bits per heavy atom. The topological polar surface area (TPSA) is 36.4 Å². The molecule has 6 heteroatoms. The zero-order valence-corrected chi connectivity index (χ0v) is 14.5. The van der Waals surface area contributed by atoms with E-state index in [0.717, 1.165) is 42.1 Å². The average molecular weight is 352 g/mol. The Labute approximate surface area is 145 Å². The fourth-order valence-corrected chi connectivity index (χ4v) is 4.05. The van der Waals surface area contributed by atoms with E-state index in [0.29, 0.717) is 25.1 Å². The molecular weight excluding hydrogens is 330 g/mol. The van der Waals surface area contributed by atoms with Crippen LogP contribution in [0.25, 0.3) is 0 Å². The second kappa shape index (κ2) is 7.68. The summed E-state index contributed by atoms with van der Waals surface area (Å²) in [6.07, 6.45) is 3.11. The van der Waals surface area contributed by atoms with Gasteiger partial charge in [-0.25, -0.2) is 13.8 Å². The summed E-state index contributed by atoms with van der Waals surface area (Å²) in [4.78, 5) is 6.62. The number of aromatic nitrogens is 1. The lowest BCUT2D eigenvalue weighted by molar-refractivity contribution is 0.172.